The maximum Gasteiger partial charge on any atom is 0.416 e. The first-order valence-electron chi connectivity index (χ1n) is 22.3. The second kappa shape index (κ2) is 20.6. The molecule has 3 saturated heterocycles. The molecule has 6 aromatic rings. The highest BCUT2D eigenvalue weighted by Crippen LogP contribution is 2.37. The third-order valence-corrected chi connectivity index (χ3v) is 12.9. The molecule has 70 heavy (non-hydrogen) atoms. The van der Waals surface area contributed by atoms with E-state index in [2.05, 4.69) is 49.7 Å². The molecule has 3 fully saturated rings. The first-order chi connectivity index (χ1) is 33.2. The number of hydrogen-bond acceptors (Lipinski definition) is 12. The van der Waals surface area contributed by atoms with Crippen LogP contribution in [0.5, 0.6) is 11.5 Å². The minimum absolute atomic E-state index is 0.00841. The van der Waals surface area contributed by atoms with Gasteiger partial charge < -0.3 is 40.1 Å². The van der Waals surface area contributed by atoms with E-state index in [0.29, 0.717) is 35.4 Å². The lowest BCUT2D eigenvalue weighted by molar-refractivity contribution is -0.138. The van der Waals surface area contributed by atoms with E-state index in [1.165, 1.54) is 0 Å². The summed E-state index contributed by atoms with van der Waals surface area (Å²) >= 11 is 11.7. The molecule has 9 rings (SSSR count). The maximum atomic E-state index is 12.8. The zero-order valence-electron chi connectivity index (χ0n) is 38.3. The Morgan fingerprint density at radius 2 is 1.20 bits per heavy atom. The molecule has 5 heterocycles. The third kappa shape index (κ3) is 11.8. The van der Waals surface area contributed by atoms with Gasteiger partial charge in [-0.1, -0.05) is 23.2 Å². The third-order valence-electron chi connectivity index (χ3n) is 12.3. The Kier molecular flexibility index (Phi) is 14.8. The predicted molar refractivity (Wildman–Crippen MR) is 256 cm³/mol. The van der Waals surface area contributed by atoms with Crippen LogP contribution in [0.25, 0.3) is 21.8 Å². The molecule has 2 bridgehead atoms. The van der Waals surface area contributed by atoms with Crippen molar-refractivity contribution in [2.75, 3.05) is 73.9 Å². The van der Waals surface area contributed by atoms with Crippen molar-refractivity contribution >= 4 is 80.1 Å². The van der Waals surface area contributed by atoms with E-state index in [1.807, 2.05) is 26.0 Å². The predicted octanol–water partition coefficient (Wildman–Crippen LogP) is 9.34. The molecule has 22 heteroatoms. The number of carbonyl (C=O) groups is 2. The average Bonchev–Trinajstić information content (AvgIpc) is 3.96. The fourth-order valence-electron chi connectivity index (χ4n) is 8.62. The van der Waals surface area contributed by atoms with Crippen molar-refractivity contribution in [1.82, 2.24) is 30.2 Å². The number of aromatic nitrogens is 4. The summed E-state index contributed by atoms with van der Waals surface area (Å²) in [6.45, 7) is 6.60. The Balaban J connectivity index is 0.000000188. The Morgan fingerprint density at radius 3 is 1.63 bits per heavy atom. The molecule has 3 N–H and O–H groups in total. The largest absolute Gasteiger partial charge is 0.482 e. The highest BCUT2D eigenvalue weighted by Gasteiger charge is 2.39. The standard InChI is InChI=1S/C25H27ClF3N5O2.C23H21ClF3N5O2/c1-15-19-13-17(31-23(35)14-36-22-7-4-16(12-20(22)26)25(27,28)29)5-6-21(19)32-24(30-15)34-10-8-18(9-11-34)33(2)3;1-12-17-8-14(3-4-19(17)31-22(29-12)32-10-15-7-16(32)9-28-15)30-21(33)11-34-20-5-2-13(6-18(20)24)23(25,26)27/h4-7,12-13,18H,8-11,14H2,1-3H3,(H,31,35);2-6,8,15-16,28H,7,9-11H2,1H3,(H,30,33). The van der Waals surface area contributed by atoms with Crippen LogP contribution in [0.15, 0.2) is 72.8 Å². The van der Waals surface area contributed by atoms with Crippen LogP contribution in [0.4, 0.5) is 49.6 Å². The monoisotopic (exact) mass is 1010 g/mol. The van der Waals surface area contributed by atoms with Gasteiger partial charge in [-0.15, -0.1) is 0 Å². The molecule has 4 aromatic carbocycles. The molecular formula is C48H48Cl2F6N10O4. The number of piperidine rings is 1. The van der Waals surface area contributed by atoms with Gasteiger partial charge in [0.1, 0.15) is 11.5 Å². The number of anilines is 4. The Bertz CT molecular complexity index is 2920. The van der Waals surface area contributed by atoms with E-state index >= 15 is 0 Å². The second-order valence-corrected chi connectivity index (χ2v) is 18.3. The lowest BCUT2D eigenvalue weighted by Gasteiger charge is -2.35. The fourth-order valence-corrected chi connectivity index (χ4v) is 9.09. The van der Waals surface area contributed by atoms with Crippen LogP contribution in [0.2, 0.25) is 10.0 Å². The molecule has 370 valence electrons. The first-order valence-corrected chi connectivity index (χ1v) is 23.0. The average molecular weight is 1010 g/mol. The van der Waals surface area contributed by atoms with Gasteiger partial charge in [-0.3, -0.25) is 9.59 Å². The molecular weight excluding hydrogens is 965 g/mol. The zero-order chi connectivity index (χ0) is 50.1. The molecule has 2 unspecified atom stereocenters. The number of amides is 2. The van der Waals surface area contributed by atoms with E-state index < -0.39 is 48.5 Å². The summed E-state index contributed by atoms with van der Waals surface area (Å²) < 4.78 is 87.2. The minimum atomic E-state index is -4.51. The van der Waals surface area contributed by atoms with Crippen LogP contribution in [0.3, 0.4) is 0 Å². The fraction of sp³-hybridized carbons (Fsp3) is 0.375. The molecule has 0 radical (unpaired) electrons. The van der Waals surface area contributed by atoms with Crippen molar-refractivity contribution in [1.29, 1.82) is 0 Å². The maximum absolute atomic E-state index is 12.8. The number of benzene rings is 4. The van der Waals surface area contributed by atoms with Crippen LogP contribution in [0.1, 0.15) is 41.8 Å². The van der Waals surface area contributed by atoms with Gasteiger partial charge in [-0.05, 0) is 120 Å². The lowest BCUT2D eigenvalue weighted by Crippen LogP contribution is -2.44. The number of alkyl halides is 6. The van der Waals surface area contributed by atoms with Gasteiger partial charge in [0.2, 0.25) is 11.9 Å². The minimum Gasteiger partial charge on any atom is -0.482 e. The SMILES string of the molecule is Cc1nc(N2CC3CC2CN3)nc2ccc(NC(=O)COc3ccc(C(F)(F)F)cc3Cl)cc12.Cc1nc(N2CCC(N(C)C)CC2)nc2ccc(NC(=O)COc3ccc(C(F)(F)F)cc3Cl)cc12. The molecule has 2 aromatic heterocycles. The van der Waals surface area contributed by atoms with Crippen LogP contribution in [-0.4, -0.2) is 108 Å². The number of piperazine rings is 1. The molecule has 14 nitrogen and oxygen atoms in total. The highest BCUT2D eigenvalue weighted by molar-refractivity contribution is 6.32. The Hall–Kier alpha value is -6.22. The van der Waals surface area contributed by atoms with Gasteiger partial charge in [0, 0.05) is 66.5 Å². The topological polar surface area (TPSA) is 150 Å². The van der Waals surface area contributed by atoms with E-state index in [-0.39, 0.29) is 21.5 Å². The number of rotatable bonds is 11. The molecule has 0 spiro atoms. The molecule has 3 aliphatic heterocycles. The molecule has 2 atom stereocenters. The van der Waals surface area contributed by atoms with Crippen LogP contribution in [0, 0.1) is 13.8 Å². The van der Waals surface area contributed by atoms with Crippen molar-refractivity contribution in [3.05, 3.63) is 105 Å². The molecule has 2 amide bonds. The van der Waals surface area contributed by atoms with E-state index in [9.17, 15) is 35.9 Å². The summed E-state index contributed by atoms with van der Waals surface area (Å²) in [6.07, 6.45) is -5.81. The number of halogens is 8. The van der Waals surface area contributed by atoms with E-state index in [4.69, 9.17) is 47.6 Å². The summed E-state index contributed by atoms with van der Waals surface area (Å²) in [5.41, 5.74) is 2.44. The van der Waals surface area contributed by atoms with Gasteiger partial charge in [-0.2, -0.15) is 26.3 Å². The van der Waals surface area contributed by atoms with Crippen molar-refractivity contribution in [3.8, 4) is 11.5 Å². The summed E-state index contributed by atoms with van der Waals surface area (Å²) in [6, 6.07) is 17.6. The van der Waals surface area contributed by atoms with Gasteiger partial charge in [-0.25, -0.2) is 19.9 Å². The Morgan fingerprint density at radius 1 is 0.714 bits per heavy atom. The second-order valence-electron chi connectivity index (χ2n) is 17.5. The zero-order valence-corrected chi connectivity index (χ0v) is 39.8. The summed E-state index contributed by atoms with van der Waals surface area (Å²) in [5, 5.41) is 10.1. The van der Waals surface area contributed by atoms with E-state index in [0.717, 1.165) is 121 Å². The van der Waals surface area contributed by atoms with Gasteiger partial charge >= 0.3 is 12.4 Å². The number of ether oxygens (including phenoxy) is 2. The number of nitrogens with zero attached hydrogens (tertiary/aromatic N) is 7. The van der Waals surface area contributed by atoms with Crippen LogP contribution < -0.4 is 35.2 Å². The van der Waals surface area contributed by atoms with Gasteiger partial charge in [0.05, 0.1) is 43.6 Å². The van der Waals surface area contributed by atoms with Crippen LogP contribution >= 0.6 is 23.2 Å². The number of nitrogens with one attached hydrogen (secondary N) is 3. The number of fused-ring (bicyclic) bond motifs is 4. The smallest absolute Gasteiger partial charge is 0.416 e. The summed E-state index contributed by atoms with van der Waals surface area (Å²) in [5.74, 6) is 0.444. The first kappa shape index (κ1) is 50.2. The van der Waals surface area contributed by atoms with E-state index in [1.54, 1.807) is 24.3 Å². The number of hydrogen-bond donors (Lipinski definition) is 3. The highest BCUT2D eigenvalue weighted by atomic mass is 35.5. The normalized spacial score (nSPS) is 17.2. The van der Waals surface area contributed by atoms with Gasteiger partial charge in [0.15, 0.2) is 13.2 Å². The van der Waals surface area contributed by atoms with Crippen LogP contribution in [-0.2, 0) is 21.9 Å². The molecule has 0 aliphatic carbocycles. The Labute approximate surface area is 408 Å². The van der Waals surface area contributed by atoms with Crippen molar-refractivity contribution in [3.63, 3.8) is 0 Å². The lowest BCUT2D eigenvalue weighted by atomic mass is 10.0. The number of carbonyl (C=O) groups excluding carboxylic acids is 2. The van der Waals surface area contributed by atoms with Crippen molar-refractivity contribution < 1.29 is 45.4 Å². The molecule has 0 saturated carbocycles. The van der Waals surface area contributed by atoms with Crippen molar-refractivity contribution in [2.45, 2.75) is 63.6 Å². The molecule has 3 aliphatic rings. The quantitative estimate of drug-likeness (QED) is 0.106. The van der Waals surface area contributed by atoms with Crippen molar-refractivity contribution in [2.24, 2.45) is 0 Å². The summed E-state index contributed by atoms with van der Waals surface area (Å²) in [7, 11) is 4.20. The van der Waals surface area contributed by atoms with Gasteiger partial charge in [0.25, 0.3) is 11.8 Å². The number of aryl methyl sites for hydroxylation is 2. The summed E-state index contributed by atoms with van der Waals surface area (Å²) in [4.78, 5) is 50.2.